The summed E-state index contributed by atoms with van der Waals surface area (Å²) in [5, 5.41) is 3.05. The maximum atomic E-state index is 12.5. The van der Waals surface area contributed by atoms with Crippen LogP contribution in [0.5, 0.6) is 0 Å². The van der Waals surface area contributed by atoms with Gasteiger partial charge in [-0.3, -0.25) is 0 Å². The molecule has 1 fully saturated rings. The van der Waals surface area contributed by atoms with Crippen molar-refractivity contribution in [2.75, 3.05) is 11.9 Å². The number of hydrogen-bond donors (Lipinski definition) is 2. The van der Waals surface area contributed by atoms with E-state index in [0.717, 1.165) is 37.9 Å². The summed E-state index contributed by atoms with van der Waals surface area (Å²) in [4.78, 5) is 3.79. The molecule has 0 amide bonds. The van der Waals surface area contributed by atoms with Crippen molar-refractivity contribution in [1.82, 2.24) is 4.98 Å². The van der Waals surface area contributed by atoms with E-state index in [4.69, 9.17) is 17.3 Å². The Morgan fingerprint density at radius 1 is 1.40 bits per heavy atom. The van der Waals surface area contributed by atoms with Crippen molar-refractivity contribution in [3.05, 3.63) is 22.8 Å². The van der Waals surface area contributed by atoms with Crippen molar-refractivity contribution in [2.45, 2.75) is 37.9 Å². The Morgan fingerprint density at radius 3 is 2.55 bits per heavy atom. The highest BCUT2D eigenvalue weighted by atomic mass is 35.5. The van der Waals surface area contributed by atoms with Crippen LogP contribution in [0.2, 0.25) is 5.02 Å². The van der Waals surface area contributed by atoms with E-state index in [-0.39, 0.29) is 16.9 Å². The van der Waals surface area contributed by atoms with Gasteiger partial charge in [0.15, 0.2) is 0 Å². The lowest BCUT2D eigenvalue weighted by atomic mass is 9.98. The summed E-state index contributed by atoms with van der Waals surface area (Å²) in [5.74, 6) is 0.696. The molecule has 1 atom stereocenters. The molecule has 0 spiro atoms. The first-order valence-corrected chi connectivity index (χ1v) is 6.99. The molecular formula is C13H17ClF3N3. The average Bonchev–Trinajstić information content (AvgIpc) is 2.90. The molecule has 2 rings (SSSR count). The van der Waals surface area contributed by atoms with Gasteiger partial charge in [0, 0.05) is 18.8 Å². The molecule has 0 bridgehead atoms. The third-order valence-corrected chi connectivity index (χ3v) is 4.00. The maximum Gasteiger partial charge on any atom is 0.417 e. The van der Waals surface area contributed by atoms with Crippen molar-refractivity contribution in [2.24, 2.45) is 11.7 Å². The lowest BCUT2D eigenvalue weighted by Gasteiger charge is -2.24. The predicted molar refractivity (Wildman–Crippen MR) is 72.7 cm³/mol. The fraction of sp³-hybridized carbons (Fsp3) is 0.615. The highest BCUT2D eigenvalue weighted by molar-refractivity contribution is 6.33. The van der Waals surface area contributed by atoms with Crippen LogP contribution >= 0.6 is 11.6 Å². The average molecular weight is 308 g/mol. The minimum absolute atomic E-state index is 0.000707. The second-order valence-corrected chi connectivity index (χ2v) is 5.49. The van der Waals surface area contributed by atoms with Crippen molar-refractivity contribution in [3.63, 3.8) is 0 Å². The van der Waals surface area contributed by atoms with Gasteiger partial charge in [-0.1, -0.05) is 24.4 Å². The van der Waals surface area contributed by atoms with Crippen LogP contribution in [-0.4, -0.2) is 17.6 Å². The van der Waals surface area contributed by atoms with Crippen LogP contribution in [0.1, 0.15) is 31.2 Å². The molecule has 112 valence electrons. The van der Waals surface area contributed by atoms with Crippen LogP contribution in [0.25, 0.3) is 0 Å². The molecule has 0 radical (unpaired) electrons. The molecular weight excluding hydrogens is 291 g/mol. The van der Waals surface area contributed by atoms with E-state index in [1.54, 1.807) is 0 Å². The van der Waals surface area contributed by atoms with Crippen LogP contribution < -0.4 is 11.1 Å². The Morgan fingerprint density at radius 2 is 2.05 bits per heavy atom. The quantitative estimate of drug-likeness (QED) is 0.892. The zero-order valence-electron chi connectivity index (χ0n) is 10.9. The van der Waals surface area contributed by atoms with E-state index < -0.39 is 11.7 Å². The van der Waals surface area contributed by atoms with Crippen LogP contribution in [-0.2, 0) is 6.18 Å². The number of alkyl halides is 3. The van der Waals surface area contributed by atoms with Gasteiger partial charge in [-0.05, 0) is 24.8 Å². The summed E-state index contributed by atoms with van der Waals surface area (Å²) < 4.78 is 37.6. The first-order chi connectivity index (χ1) is 9.41. The normalized spacial score (nSPS) is 18.2. The molecule has 0 aromatic carbocycles. The van der Waals surface area contributed by atoms with Gasteiger partial charge >= 0.3 is 6.18 Å². The Kier molecular flexibility index (Phi) is 4.75. The fourth-order valence-electron chi connectivity index (χ4n) is 2.60. The lowest BCUT2D eigenvalue weighted by molar-refractivity contribution is -0.137. The first kappa shape index (κ1) is 15.4. The largest absolute Gasteiger partial charge is 0.417 e. The first-order valence-electron chi connectivity index (χ1n) is 6.61. The number of hydrogen-bond acceptors (Lipinski definition) is 3. The Bertz CT molecular complexity index is 459. The van der Waals surface area contributed by atoms with Gasteiger partial charge in [0.2, 0.25) is 0 Å². The van der Waals surface area contributed by atoms with Gasteiger partial charge in [0.1, 0.15) is 5.82 Å². The van der Waals surface area contributed by atoms with Crippen molar-refractivity contribution in [3.8, 4) is 0 Å². The van der Waals surface area contributed by atoms with E-state index in [1.165, 1.54) is 0 Å². The number of pyridine rings is 1. The van der Waals surface area contributed by atoms with Gasteiger partial charge in [0.05, 0.1) is 10.6 Å². The highest BCUT2D eigenvalue weighted by Gasteiger charge is 2.32. The van der Waals surface area contributed by atoms with E-state index >= 15 is 0 Å². The van der Waals surface area contributed by atoms with Gasteiger partial charge in [0.25, 0.3) is 0 Å². The molecule has 3 N–H and O–H groups in total. The van der Waals surface area contributed by atoms with Crippen molar-refractivity contribution in [1.29, 1.82) is 0 Å². The summed E-state index contributed by atoms with van der Waals surface area (Å²) in [6.07, 6.45) is 0.832. The summed E-state index contributed by atoms with van der Waals surface area (Å²) in [7, 11) is 0. The smallest absolute Gasteiger partial charge is 0.365 e. The Balaban J connectivity index is 2.12. The molecule has 3 nitrogen and oxygen atoms in total. The molecule has 1 unspecified atom stereocenters. The molecule has 7 heteroatoms. The maximum absolute atomic E-state index is 12.5. The second kappa shape index (κ2) is 6.18. The number of anilines is 1. The minimum atomic E-state index is -4.44. The Labute approximate surface area is 120 Å². The number of aromatic nitrogens is 1. The molecule has 1 aliphatic carbocycles. The monoisotopic (exact) mass is 307 g/mol. The predicted octanol–water partition coefficient (Wildman–Crippen LogP) is 3.68. The standard InChI is InChI=1S/C13H17ClF3N3/c14-10-5-9(13(15,16)17)7-19-12(10)20-11(6-18)8-3-1-2-4-8/h5,7-8,11H,1-4,6,18H2,(H,19,20). The molecule has 1 aromatic heterocycles. The summed E-state index contributed by atoms with van der Waals surface area (Å²) in [6, 6.07) is 0.887. The van der Waals surface area contributed by atoms with Crippen molar-refractivity contribution < 1.29 is 13.2 Å². The summed E-state index contributed by atoms with van der Waals surface area (Å²) in [5.41, 5.74) is 4.89. The van der Waals surface area contributed by atoms with E-state index in [2.05, 4.69) is 10.3 Å². The number of rotatable bonds is 4. The van der Waals surface area contributed by atoms with Crippen molar-refractivity contribution >= 4 is 17.4 Å². The molecule has 0 aliphatic heterocycles. The third kappa shape index (κ3) is 3.55. The van der Waals surface area contributed by atoms with Gasteiger partial charge in [-0.25, -0.2) is 4.98 Å². The zero-order chi connectivity index (χ0) is 14.8. The number of halogens is 4. The zero-order valence-corrected chi connectivity index (χ0v) is 11.6. The van der Waals surface area contributed by atoms with E-state index in [0.29, 0.717) is 12.5 Å². The van der Waals surface area contributed by atoms with Gasteiger partial charge < -0.3 is 11.1 Å². The SMILES string of the molecule is NCC(Nc1ncc(C(F)(F)F)cc1Cl)C1CCCC1. The minimum Gasteiger partial charge on any atom is -0.365 e. The molecule has 1 aromatic rings. The van der Waals surface area contributed by atoms with Gasteiger partial charge in [-0.2, -0.15) is 13.2 Å². The molecule has 20 heavy (non-hydrogen) atoms. The summed E-state index contributed by atoms with van der Waals surface area (Å²) in [6.45, 7) is 0.406. The highest BCUT2D eigenvalue weighted by Crippen LogP contribution is 2.34. The third-order valence-electron chi connectivity index (χ3n) is 3.71. The van der Waals surface area contributed by atoms with Crippen LogP contribution in [0.3, 0.4) is 0 Å². The molecule has 1 heterocycles. The fourth-order valence-corrected chi connectivity index (χ4v) is 2.82. The van der Waals surface area contributed by atoms with Gasteiger partial charge in [-0.15, -0.1) is 0 Å². The molecule has 1 aliphatic rings. The van der Waals surface area contributed by atoms with E-state index in [1.807, 2.05) is 0 Å². The molecule has 0 saturated heterocycles. The number of nitrogens with one attached hydrogen (secondary N) is 1. The molecule has 1 saturated carbocycles. The van der Waals surface area contributed by atoms with Crippen LogP contribution in [0, 0.1) is 5.92 Å². The topological polar surface area (TPSA) is 50.9 Å². The number of nitrogens with two attached hydrogens (primary N) is 1. The van der Waals surface area contributed by atoms with Crippen LogP contribution in [0.15, 0.2) is 12.3 Å². The second-order valence-electron chi connectivity index (χ2n) is 5.08. The van der Waals surface area contributed by atoms with Crippen LogP contribution in [0.4, 0.5) is 19.0 Å². The van der Waals surface area contributed by atoms with E-state index in [9.17, 15) is 13.2 Å². The lowest BCUT2D eigenvalue weighted by Crippen LogP contribution is -2.35. The Hall–Kier alpha value is -1.01. The number of nitrogens with zero attached hydrogens (tertiary/aromatic N) is 1. The summed E-state index contributed by atoms with van der Waals surface area (Å²) >= 11 is 5.88.